The number of carbonyl (C=O) groups excluding carboxylic acids is 3. The second-order valence-electron chi connectivity index (χ2n) is 9.25. The first-order valence-electron chi connectivity index (χ1n) is 12.6. The maximum atomic E-state index is 13.3. The molecule has 0 radical (unpaired) electrons. The molecule has 1 aliphatic rings. The Bertz CT molecular complexity index is 1660. The van der Waals surface area contributed by atoms with Crippen molar-refractivity contribution >= 4 is 40.9 Å². The van der Waals surface area contributed by atoms with Crippen LogP contribution in [0.5, 0.6) is 11.5 Å². The SMILES string of the molecule is CCn1nc(C)cc1C(=O)Nc1ccc(C(=O)c2ccc3c(c2)C(C=Nc2ccc(OC)c(O)c2)C(=O)N3)cc1. The van der Waals surface area contributed by atoms with Crippen molar-refractivity contribution in [2.24, 2.45) is 4.99 Å². The van der Waals surface area contributed by atoms with E-state index in [9.17, 15) is 19.5 Å². The van der Waals surface area contributed by atoms with E-state index in [1.807, 2.05) is 13.8 Å². The lowest BCUT2D eigenvalue weighted by Gasteiger charge is -2.09. The van der Waals surface area contributed by atoms with Gasteiger partial charge in [0.15, 0.2) is 17.3 Å². The van der Waals surface area contributed by atoms with Gasteiger partial charge in [-0.15, -0.1) is 0 Å². The molecule has 0 saturated heterocycles. The number of ether oxygens (including phenoxy) is 1. The maximum Gasteiger partial charge on any atom is 0.273 e. The number of hydrogen-bond donors (Lipinski definition) is 3. The first kappa shape index (κ1) is 26.4. The van der Waals surface area contributed by atoms with Crippen LogP contribution < -0.4 is 15.4 Å². The summed E-state index contributed by atoms with van der Waals surface area (Å²) in [4.78, 5) is 43.0. The number of nitrogens with zero attached hydrogens (tertiary/aromatic N) is 3. The Kier molecular flexibility index (Phi) is 7.15. The van der Waals surface area contributed by atoms with Crippen LogP contribution in [-0.4, -0.2) is 45.8 Å². The van der Waals surface area contributed by atoms with Gasteiger partial charge in [0.1, 0.15) is 11.6 Å². The van der Waals surface area contributed by atoms with Crippen molar-refractivity contribution in [2.75, 3.05) is 17.7 Å². The lowest BCUT2D eigenvalue weighted by molar-refractivity contribution is -0.115. The standard InChI is InChI=1S/C30H27N5O5/c1-4-35-25(13-17(2)34-35)30(39)32-20-8-5-18(6-9-20)28(37)19-7-11-24-22(14-19)23(29(38)33-24)16-31-21-10-12-27(40-3)26(36)15-21/h5-16,23,36H,4H2,1-3H3,(H,32,39)(H,33,38). The number of carbonyl (C=O) groups is 3. The highest BCUT2D eigenvalue weighted by Crippen LogP contribution is 2.34. The molecule has 1 atom stereocenters. The Labute approximate surface area is 230 Å². The molecule has 0 spiro atoms. The summed E-state index contributed by atoms with van der Waals surface area (Å²) < 4.78 is 6.68. The van der Waals surface area contributed by atoms with Gasteiger partial charge < -0.3 is 20.5 Å². The van der Waals surface area contributed by atoms with E-state index >= 15 is 0 Å². The molecule has 2 heterocycles. The second kappa shape index (κ2) is 10.9. The van der Waals surface area contributed by atoms with Crippen molar-refractivity contribution < 1.29 is 24.2 Å². The van der Waals surface area contributed by atoms with Crippen LogP contribution in [0.25, 0.3) is 0 Å². The number of fused-ring (bicyclic) bond motifs is 1. The van der Waals surface area contributed by atoms with E-state index in [1.54, 1.807) is 65.3 Å². The Morgan fingerprint density at radius 1 is 1.10 bits per heavy atom. The number of phenolic OH excluding ortho intramolecular Hbond substituents is 1. The van der Waals surface area contributed by atoms with Gasteiger partial charge in [0.05, 0.1) is 18.5 Å². The lowest BCUT2D eigenvalue weighted by Crippen LogP contribution is -2.17. The van der Waals surface area contributed by atoms with Gasteiger partial charge in [-0.25, -0.2) is 0 Å². The fraction of sp³-hybridized carbons (Fsp3) is 0.167. The topological polar surface area (TPSA) is 135 Å². The molecule has 0 fully saturated rings. The Hall–Kier alpha value is -5.25. The van der Waals surface area contributed by atoms with E-state index in [0.717, 1.165) is 5.69 Å². The molecule has 5 rings (SSSR count). The molecule has 3 aromatic carbocycles. The van der Waals surface area contributed by atoms with Gasteiger partial charge in [0.25, 0.3) is 5.91 Å². The largest absolute Gasteiger partial charge is 0.504 e. The number of methoxy groups -OCH3 is 1. The number of aromatic hydroxyl groups is 1. The summed E-state index contributed by atoms with van der Waals surface area (Å²) in [7, 11) is 1.45. The van der Waals surface area contributed by atoms with Crippen molar-refractivity contribution in [1.82, 2.24) is 9.78 Å². The summed E-state index contributed by atoms with van der Waals surface area (Å²) in [6.45, 7) is 4.32. The molecule has 1 aliphatic heterocycles. The molecule has 1 aromatic heterocycles. The molecule has 10 heteroatoms. The zero-order chi connectivity index (χ0) is 28.4. The van der Waals surface area contributed by atoms with Crippen LogP contribution in [0.1, 0.15) is 50.5 Å². The van der Waals surface area contributed by atoms with Crippen LogP contribution in [0.4, 0.5) is 17.1 Å². The van der Waals surface area contributed by atoms with E-state index in [4.69, 9.17) is 4.74 Å². The molecule has 0 saturated carbocycles. The molecule has 0 bridgehead atoms. The van der Waals surface area contributed by atoms with Crippen LogP contribution in [0, 0.1) is 6.92 Å². The molecule has 3 N–H and O–H groups in total. The molecular formula is C30H27N5O5. The zero-order valence-electron chi connectivity index (χ0n) is 22.1. The van der Waals surface area contributed by atoms with Crippen molar-refractivity contribution in [3.8, 4) is 11.5 Å². The number of aliphatic imine (C=N–C) groups is 1. The average molecular weight is 538 g/mol. The van der Waals surface area contributed by atoms with Crippen molar-refractivity contribution in [1.29, 1.82) is 0 Å². The Morgan fingerprint density at radius 2 is 1.85 bits per heavy atom. The molecule has 2 amide bonds. The summed E-state index contributed by atoms with van der Waals surface area (Å²) >= 11 is 0. The van der Waals surface area contributed by atoms with E-state index in [2.05, 4.69) is 20.7 Å². The second-order valence-corrected chi connectivity index (χ2v) is 9.25. The third-order valence-electron chi connectivity index (χ3n) is 6.56. The van der Waals surface area contributed by atoms with E-state index in [-0.39, 0.29) is 23.3 Å². The number of aryl methyl sites for hydroxylation is 2. The van der Waals surface area contributed by atoms with Crippen LogP contribution >= 0.6 is 0 Å². The quantitative estimate of drug-likeness (QED) is 0.217. The minimum atomic E-state index is -0.704. The fourth-order valence-electron chi connectivity index (χ4n) is 4.53. The minimum Gasteiger partial charge on any atom is -0.504 e. The summed E-state index contributed by atoms with van der Waals surface area (Å²) in [6.07, 6.45) is 1.49. The number of hydrogen-bond acceptors (Lipinski definition) is 7. The number of amides is 2. The number of phenols is 1. The van der Waals surface area contributed by atoms with Gasteiger partial charge >= 0.3 is 0 Å². The first-order chi connectivity index (χ1) is 19.3. The molecule has 1 unspecified atom stereocenters. The number of rotatable bonds is 8. The highest BCUT2D eigenvalue weighted by molar-refractivity contribution is 6.15. The monoisotopic (exact) mass is 537 g/mol. The molecule has 40 heavy (non-hydrogen) atoms. The summed E-state index contributed by atoms with van der Waals surface area (Å²) in [5.41, 5.74) is 4.30. The van der Waals surface area contributed by atoms with Crippen LogP contribution in [0.15, 0.2) is 71.7 Å². The highest BCUT2D eigenvalue weighted by Gasteiger charge is 2.30. The number of ketones is 1. The first-order valence-corrected chi connectivity index (χ1v) is 12.6. The Morgan fingerprint density at radius 3 is 2.55 bits per heavy atom. The van der Waals surface area contributed by atoms with Crippen LogP contribution in [0.3, 0.4) is 0 Å². The fourth-order valence-corrected chi connectivity index (χ4v) is 4.53. The van der Waals surface area contributed by atoms with E-state index in [0.29, 0.717) is 51.7 Å². The predicted octanol–water partition coefficient (Wildman–Crippen LogP) is 4.85. The van der Waals surface area contributed by atoms with E-state index in [1.165, 1.54) is 19.4 Å². The highest BCUT2D eigenvalue weighted by atomic mass is 16.5. The third-order valence-corrected chi connectivity index (χ3v) is 6.56. The van der Waals surface area contributed by atoms with Gasteiger partial charge in [-0.3, -0.25) is 24.1 Å². The third kappa shape index (κ3) is 5.19. The number of anilines is 2. The number of benzene rings is 3. The minimum absolute atomic E-state index is 0.0606. The maximum absolute atomic E-state index is 13.3. The lowest BCUT2D eigenvalue weighted by atomic mass is 9.96. The molecule has 4 aromatic rings. The smallest absolute Gasteiger partial charge is 0.273 e. The summed E-state index contributed by atoms with van der Waals surface area (Å²) in [5, 5.41) is 19.9. The predicted molar refractivity (Wildman–Crippen MR) is 151 cm³/mol. The molecule has 202 valence electrons. The van der Waals surface area contributed by atoms with Gasteiger partial charge in [0.2, 0.25) is 5.91 Å². The van der Waals surface area contributed by atoms with Gasteiger partial charge in [-0.2, -0.15) is 5.10 Å². The summed E-state index contributed by atoms with van der Waals surface area (Å²) in [6, 6.07) is 18.1. The Balaban J connectivity index is 1.32. The number of aromatic nitrogens is 2. The van der Waals surface area contributed by atoms with E-state index < -0.39 is 5.92 Å². The molecule has 0 aliphatic carbocycles. The normalized spacial score (nSPS) is 14.2. The van der Waals surface area contributed by atoms with Gasteiger partial charge in [-0.1, -0.05) is 0 Å². The molecule has 10 nitrogen and oxygen atoms in total. The van der Waals surface area contributed by atoms with Crippen LogP contribution in [0.2, 0.25) is 0 Å². The van der Waals surface area contributed by atoms with Gasteiger partial charge in [-0.05, 0) is 80.1 Å². The number of nitrogens with one attached hydrogen (secondary N) is 2. The average Bonchev–Trinajstić information content (AvgIpc) is 3.49. The van der Waals surface area contributed by atoms with Crippen molar-refractivity contribution in [3.05, 3.63) is 94.8 Å². The van der Waals surface area contributed by atoms with Crippen LogP contribution in [-0.2, 0) is 11.3 Å². The molecular weight excluding hydrogens is 510 g/mol. The zero-order valence-corrected chi connectivity index (χ0v) is 22.1. The van der Waals surface area contributed by atoms with Crippen molar-refractivity contribution in [2.45, 2.75) is 26.3 Å². The summed E-state index contributed by atoms with van der Waals surface area (Å²) in [5.74, 6) is -1.22. The van der Waals surface area contributed by atoms with Crippen molar-refractivity contribution in [3.63, 3.8) is 0 Å². The van der Waals surface area contributed by atoms with Gasteiger partial charge in [0, 0.05) is 41.3 Å².